The van der Waals surface area contributed by atoms with Gasteiger partial charge in [0.2, 0.25) is 11.8 Å². The van der Waals surface area contributed by atoms with Gasteiger partial charge in [-0.15, -0.1) is 0 Å². The number of carbonyl (C=O) groups is 3. The van der Waals surface area contributed by atoms with Gasteiger partial charge >= 0.3 is 0 Å². The van der Waals surface area contributed by atoms with Gasteiger partial charge in [0.25, 0.3) is 5.91 Å². The highest BCUT2D eigenvalue weighted by atomic mass is 35.5. The maximum atomic E-state index is 12.9. The van der Waals surface area contributed by atoms with E-state index in [1.165, 1.54) is 0 Å². The predicted octanol–water partition coefficient (Wildman–Crippen LogP) is 2.09. The average Bonchev–Trinajstić information content (AvgIpc) is 3.12. The second kappa shape index (κ2) is 7.87. The van der Waals surface area contributed by atoms with Crippen molar-refractivity contribution in [3.63, 3.8) is 0 Å². The first-order valence-electron chi connectivity index (χ1n) is 9.63. The van der Waals surface area contributed by atoms with Crippen LogP contribution >= 0.6 is 11.6 Å². The number of carbonyl (C=O) groups excluding carboxylic acids is 3. The Labute approximate surface area is 174 Å². The Morgan fingerprint density at radius 1 is 1.21 bits per heavy atom. The summed E-state index contributed by atoms with van der Waals surface area (Å²) in [5, 5.41) is 6.43. The van der Waals surface area contributed by atoms with Crippen LogP contribution in [0.15, 0.2) is 48.5 Å². The van der Waals surface area contributed by atoms with Crippen LogP contribution in [0.3, 0.4) is 0 Å². The Kier molecular flexibility index (Phi) is 5.28. The SMILES string of the molecule is Cc1cccc(C(=O)N[C@H]2C[C@H]3C(=O)N[C@@H](Cc4ccc(Cl)cc4)C(=O)N3C2)c1. The van der Waals surface area contributed by atoms with Gasteiger partial charge in [0.15, 0.2) is 0 Å². The largest absolute Gasteiger partial charge is 0.347 e. The summed E-state index contributed by atoms with van der Waals surface area (Å²) in [4.78, 5) is 39.7. The van der Waals surface area contributed by atoms with E-state index in [-0.39, 0.29) is 23.8 Å². The maximum Gasteiger partial charge on any atom is 0.251 e. The van der Waals surface area contributed by atoms with Crippen molar-refractivity contribution in [2.24, 2.45) is 0 Å². The van der Waals surface area contributed by atoms with E-state index in [1.807, 2.05) is 37.3 Å². The Balaban J connectivity index is 1.42. The van der Waals surface area contributed by atoms with Crippen molar-refractivity contribution in [3.05, 3.63) is 70.2 Å². The van der Waals surface area contributed by atoms with Crippen LogP contribution in [0, 0.1) is 6.92 Å². The van der Waals surface area contributed by atoms with Gasteiger partial charge in [-0.05, 0) is 43.2 Å². The van der Waals surface area contributed by atoms with Gasteiger partial charge in [-0.2, -0.15) is 0 Å². The molecular formula is C22H22ClN3O3. The maximum absolute atomic E-state index is 12.9. The molecular weight excluding hydrogens is 390 g/mol. The van der Waals surface area contributed by atoms with E-state index in [4.69, 9.17) is 11.6 Å². The number of hydrogen-bond acceptors (Lipinski definition) is 3. The van der Waals surface area contributed by atoms with Gasteiger partial charge in [0, 0.05) is 29.6 Å². The summed E-state index contributed by atoms with van der Waals surface area (Å²) in [5.41, 5.74) is 2.50. The number of fused-ring (bicyclic) bond motifs is 1. The smallest absolute Gasteiger partial charge is 0.251 e. The van der Waals surface area contributed by atoms with E-state index in [1.54, 1.807) is 23.1 Å². The molecule has 0 aliphatic carbocycles. The summed E-state index contributed by atoms with van der Waals surface area (Å²) >= 11 is 5.91. The molecule has 2 aromatic rings. The monoisotopic (exact) mass is 411 g/mol. The molecule has 0 spiro atoms. The molecule has 2 fully saturated rings. The Morgan fingerprint density at radius 3 is 2.69 bits per heavy atom. The molecule has 0 aromatic heterocycles. The van der Waals surface area contributed by atoms with Gasteiger partial charge in [-0.1, -0.05) is 41.4 Å². The first-order valence-corrected chi connectivity index (χ1v) is 10.0. The second-order valence-electron chi connectivity index (χ2n) is 7.67. The summed E-state index contributed by atoms with van der Waals surface area (Å²) in [7, 11) is 0. The molecule has 0 radical (unpaired) electrons. The fraction of sp³-hybridized carbons (Fsp3) is 0.318. The topological polar surface area (TPSA) is 78.5 Å². The summed E-state index contributed by atoms with van der Waals surface area (Å²) in [5.74, 6) is -0.475. The molecule has 2 aliphatic rings. The zero-order valence-electron chi connectivity index (χ0n) is 16.0. The van der Waals surface area contributed by atoms with E-state index in [0.717, 1.165) is 11.1 Å². The second-order valence-corrected chi connectivity index (χ2v) is 8.11. The first kappa shape index (κ1) is 19.5. The lowest BCUT2D eigenvalue weighted by Gasteiger charge is -2.34. The number of amides is 3. The normalized spacial score (nSPS) is 23.5. The van der Waals surface area contributed by atoms with Crippen molar-refractivity contribution < 1.29 is 14.4 Å². The molecule has 2 heterocycles. The Bertz CT molecular complexity index is 960. The van der Waals surface area contributed by atoms with Crippen LogP contribution in [-0.4, -0.2) is 47.3 Å². The number of aryl methyl sites for hydroxylation is 1. The highest BCUT2D eigenvalue weighted by molar-refractivity contribution is 6.30. The molecule has 0 bridgehead atoms. The van der Waals surface area contributed by atoms with Crippen LogP contribution in [0.2, 0.25) is 5.02 Å². The highest BCUT2D eigenvalue weighted by Crippen LogP contribution is 2.24. The van der Waals surface area contributed by atoms with Crippen LogP contribution < -0.4 is 10.6 Å². The molecule has 2 aliphatic heterocycles. The molecule has 150 valence electrons. The quantitative estimate of drug-likeness (QED) is 0.808. The minimum atomic E-state index is -0.605. The fourth-order valence-electron chi connectivity index (χ4n) is 4.01. The van der Waals surface area contributed by atoms with Gasteiger partial charge in [0.1, 0.15) is 12.1 Å². The lowest BCUT2D eigenvalue weighted by atomic mass is 10.0. The van der Waals surface area contributed by atoms with Crippen molar-refractivity contribution in [2.75, 3.05) is 6.54 Å². The third-order valence-corrected chi connectivity index (χ3v) is 5.72. The molecule has 0 saturated carbocycles. The van der Waals surface area contributed by atoms with E-state index in [2.05, 4.69) is 10.6 Å². The third kappa shape index (κ3) is 4.12. The van der Waals surface area contributed by atoms with E-state index >= 15 is 0 Å². The average molecular weight is 412 g/mol. The van der Waals surface area contributed by atoms with E-state index in [0.29, 0.717) is 30.0 Å². The predicted molar refractivity (Wildman–Crippen MR) is 110 cm³/mol. The van der Waals surface area contributed by atoms with Crippen molar-refractivity contribution >= 4 is 29.3 Å². The summed E-state index contributed by atoms with van der Waals surface area (Å²) in [6.07, 6.45) is 0.827. The van der Waals surface area contributed by atoms with Crippen LogP contribution in [-0.2, 0) is 16.0 Å². The molecule has 2 N–H and O–H groups in total. The molecule has 6 nitrogen and oxygen atoms in total. The van der Waals surface area contributed by atoms with Crippen molar-refractivity contribution in [3.8, 4) is 0 Å². The number of nitrogens with one attached hydrogen (secondary N) is 2. The molecule has 0 unspecified atom stereocenters. The molecule has 3 atom stereocenters. The molecule has 3 amide bonds. The third-order valence-electron chi connectivity index (χ3n) is 5.47. The first-order chi connectivity index (χ1) is 13.9. The van der Waals surface area contributed by atoms with E-state index in [9.17, 15) is 14.4 Å². The standard InChI is InChI=1S/C22H22ClN3O3/c1-13-3-2-4-15(9-13)20(27)24-17-11-19-21(28)25-18(22(29)26(19)12-17)10-14-5-7-16(23)8-6-14/h2-9,17-19H,10-12H2,1H3,(H,24,27)(H,25,28)/t17-,18-,19-/m0/s1. The van der Waals surface area contributed by atoms with Crippen LogP contribution in [0.5, 0.6) is 0 Å². The zero-order valence-corrected chi connectivity index (χ0v) is 16.8. The molecule has 2 saturated heterocycles. The Morgan fingerprint density at radius 2 is 1.97 bits per heavy atom. The number of halogens is 1. The van der Waals surface area contributed by atoms with E-state index < -0.39 is 12.1 Å². The minimum absolute atomic E-state index is 0.114. The molecule has 7 heteroatoms. The van der Waals surface area contributed by atoms with Gasteiger partial charge in [-0.25, -0.2) is 0 Å². The number of nitrogens with zero attached hydrogens (tertiary/aromatic N) is 1. The zero-order chi connectivity index (χ0) is 20.5. The van der Waals surface area contributed by atoms with Crippen molar-refractivity contribution in [1.82, 2.24) is 15.5 Å². The van der Waals surface area contributed by atoms with Gasteiger partial charge in [-0.3, -0.25) is 14.4 Å². The van der Waals surface area contributed by atoms with Gasteiger partial charge in [0.05, 0.1) is 0 Å². The summed E-state index contributed by atoms with van der Waals surface area (Å²) in [6.45, 7) is 2.27. The summed E-state index contributed by atoms with van der Waals surface area (Å²) < 4.78 is 0. The number of hydrogen-bond donors (Lipinski definition) is 2. The number of rotatable bonds is 4. The lowest BCUT2D eigenvalue weighted by molar-refractivity contribution is -0.147. The van der Waals surface area contributed by atoms with Crippen LogP contribution in [0.25, 0.3) is 0 Å². The fourth-order valence-corrected chi connectivity index (χ4v) is 4.14. The van der Waals surface area contributed by atoms with Crippen molar-refractivity contribution in [2.45, 2.75) is 37.9 Å². The molecule has 2 aromatic carbocycles. The lowest BCUT2D eigenvalue weighted by Crippen LogP contribution is -2.61. The van der Waals surface area contributed by atoms with Crippen LogP contribution in [0.4, 0.5) is 0 Å². The van der Waals surface area contributed by atoms with Gasteiger partial charge < -0.3 is 15.5 Å². The van der Waals surface area contributed by atoms with Crippen molar-refractivity contribution in [1.29, 1.82) is 0 Å². The molecule has 29 heavy (non-hydrogen) atoms. The number of benzene rings is 2. The molecule has 4 rings (SSSR count). The Hall–Kier alpha value is -2.86. The van der Waals surface area contributed by atoms with Crippen LogP contribution in [0.1, 0.15) is 27.9 Å². The number of piperazine rings is 1. The minimum Gasteiger partial charge on any atom is -0.347 e. The highest BCUT2D eigenvalue weighted by Gasteiger charge is 2.46. The summed E-state index contributed by atoms with van der Waals surface area (Å²) in [6, 6.07) is 13.2.